The average Bonchev–Trinajstić information content (AvgIpc) is 3.33. The first-order chi connectivity index (χ1) is 20.0. The summed E-state index contributed by atoms with van der Waals surface area (Å²) in [5.41, 5.74) is 7.76. The first kappa shape index (κ1) is 29.4. The Morgan fingerprint density at radius 2 is 1.88 bits per heavy atom. The van der Waals surface area contributed by atoms with E-state index < -0.39 is 0 Å². The lowest BCUT2D eigenvalue weighted by atomic mass is 9.87. The number of rotatable bonds is 10. The Kier molecular flexibility index (Phi) is 9.81. The van der Waals surface area contributed by atoms with E-state index >= 15 is 0 Å². The van der Waals surface area contributed by atoms with Gasteiger partial charge < -0.3 is 9.47 Å². The third-order valence-corrected chi connectivity index (χ3v) is 8.26. The van der Waals surface area contributed by atoms with Crippen molar-refractivity contribution in [2.45, 2.75) is 38.2 Å². The maximum atomic E-state index is 12.6. The van der Waals surface area contributed by atoms with Crippen molar-refractivity contribution in [1.82, 2.24) is 4.90 Å². The minimum Gasteiger partial charge on any atom is -0.489 e. The van der Waals surface area contributed by atoms with Gasteiger partial charge in [0.2, 0.25) is 0 Å². The number of benzene rings is 3. The first-order valence-electron chi connectivity index (χ1n) is 14.1. The first-order valence-corrected chi connectivity index (χ1v) is 14.9. The third-order valence-electron chi connectivity index (χ3n) is 7.71. The van der Waals surface area contributed by atoms with E-state index in [0.717, 1.165) is 78.9 Å². The molecule has 3 aromatic carbocycles. The lowest BCUT2D eigenvalue weighted by molar-refractivity contribution is 0.198. The topological polar surface area (TPSA) is 34.1 Å². The number of hydrogen-bond acceptors (Lipinski definition) is 4. The molecule has 7 heteroatoms. The van der Waals surface area contributed by atoms with Crippen LogP contribution in [0.5, 0.6) is 5.75 Å². The maximum absolute atomic E-state index is 12.6. The number of fused-ring (bicyclic) bond motifs is 1. The number of aliphatic imine (C=N–C) groups is 1. The van der Waals surface area contributed by atoms with Gasteiger partial charge in [0.15, 0.2) is 6.40 Å². The molecule has 0 N–H and O–H groups in total. The summed E-state index contributed by atoms with van der Waals surface area (Å²) in [6.45, 7) is 6.37. The molecule has 1 aliphatic carbocycles. The van der Waals surface area contributed by atoms with E-state index in [2.05, 4.69) is 40.7 Å². The number of halogens is 3. The average molecular weight is 594 g/mol. The molecule has 0 saturated carbocycles. The van der Waals surface area contributed by atoms with Gasteiger partial charge in [-0.25, -0.2) is 0 Å². The quantitative estimate of drug-likeness (QED) is 0.134. The summed E-state index contributed by atoms with van der Waals surface area (Å²) in [5.74, 6) is 1.40. The summed E-state index contributed by atoms with van der Waals surface area (Å²) >= 11 is 13.0. The van der Waals surface area contributed by atoms with Crippen LogP contribution in [0.4, 0.5) is 4.39 Å². The summed E-state index contributed by atoms with van der Waals surface area (Å²) in [6.07, 6.45) is 5.80. The Balaban J connectivity index is 1.50. The van der Waals surface area contributed by atoms with E-state index in [9.17, 15) is 4.39 Å². The Morgan fingerprint density at radius 1 is 1.07 bits per heavy atom. The fourth-order valence-corrected chi connectivity index (χ4v) is 6.27. The van der Waals surface area contributed by atoms with Crippen LogP contribution in [0.3, 0.4) is 0 Å². The normalized spacial score (nSPS) is 17.5. The van der Waals surface area contributed by atoms with Crippen molar-refractivity contribution < 1.29 is 13.9 Å². The van der Waals surface area contributed by atoms with E-state index in [1.807, 2.05) is 36.4 Å². The SMILES string of the molecule is C=C(O/C=N\C)c1ccc2c(c1)CCCC(c1ccc(Cl)cc1Cl)=C2c1ccc(OC2CCN(CCCF)C2)cc1. The number of allylic oxidation sites excluding steroid dienone is 1. The van der Waals surface area contributed by atoms with Gasteiger partial charge in [0.05, 0.1) is 6.67 Å². The molecule has 4 nitrogen and oxygen atoms in total. The Labute approximate surface area is 252 Å². The minimum absolute atomic E-state index is 0.119. The van der Waals surface area contributed by atoms with Crippen LogP contribution < -0.4 is 4.74 Å². The van der Waals surface area contributed by atoms with Gasteiger partial charge in [0.1, 0.15) is 17.6 Å². The highest BCUT2D eigenvalue weighted by Gasteiger charge is 2.25. The van der Waals surface area contributed by atoms with Crippen LogP contribution in [0.25, 0.3) is 16.9 Å². The Hall–Kier alpha value is -3.12. The lowest BCUT2D eigenvalue weighted by Gasteiger charge is -2.19. The molecule has 0 amide bonds. The molecule has 1 unspecified atom stereocenters. The number of hydrogen-bond donors (Lipinski definition) is 0. The van der Waals surface area contributed by atoms with Gasteiger partial charge in [0, 0.05) is 42.3 Å². The molecule has 1 fully saturated rings. The molecule has 41 heavy (non-hydrogen) atoms. The number of ether oxygens (including phenoxy) is 2. The van der Waals surface area contributed by atoms with Crippen LogP contribution in [-0.2, 0) is 11.2 Å². The van der Waals surface area contributed by atoms with Crippen molar-refractivity contribution in [3.05, 3.63) is 105 Å². The molecule has 1 aliphatic heterocycles. The van der Waals surface area contributed by atoms with Gasteiger partial charge >= 0.3 is 0 Å². The van der Waals surface area contributed by atoms with Crippen molar-refractivity contribution in [1.29, 1.82) is 0 Å². The number of alkyl halides is 1. The van der Waals surface area contributed by atoms with Gasteiger partial charge in [-0.1, -0.05) is 60.1 Å². The van der Waals surface area contributed by atoms with Crippen LogP contribution in [-0.4, -0.2) is 50.8 Å². The molecular weight excluding hydrogens is 558 g/mol. The van der Waals surface area contributed by atoms with Crippen molar-refractivity contribution in [2.24, 2.45) is 4.99 Å². The van der Waals surface area contributed by atoms with Crippen molar-refractivity contribution in [3.63, 3.8) is 0 Å². The van der Waals surface area contributed by atoms with Gasteiger partial charge in [-0.2, -0.15) is 0 Å². The third kappa shape index (κ3) is 7.03. The second kappa shape index (κ2) is 13.7. The van der Waals surface area contributed by atoms with Crippen LogP contribution >= 0.6 is 23.2 Å². The Morgan fingerprint density at radius 3 is 2.63 bits per heavy atom. The minimum atomic E-state index is -0.275. The zero-order chi connectivity index (χ0) is 28.8. The summed E-state index contributed by atoms with van der Waals surface area (Å²) in [6, 6.07) is 20.5. The molecule has 2 aliphatic rings. The molecule has 0 radical (unpaired) electrons. The molecule has 1 heterocycles. The number of nitrogens with zero attached hydrogens (tertiary/aromatic N) is 2. The van der Waals surface area contributed by atoms with Crippen LogP contribution in [0.2, 0.25) is 10.0 Å². The van der Waals surface area contributed by atoms with Gasteiger partial charge in [0.25, 0.3) is 0 Å². The fourth-order valence-electron chi connectivity index (χ4n) is 5.75. The number of likely N-dealkylation sites (tertiary alicyclic amines) is 1. The van der Waals surface area contributed by atoms with Gasteiger partial charge in [-0.05, 0) is 95.8 Å². The summed E-state index contributed by atoms with van der Waals surface area (Å²) in [5, 5.41) is 1.26. The fraction of sp³-hybridized carbons (Fsp3) is 0.324. The van der Waals surface area contributed by atoms with E-state index in [4.69, 9.17) is 32.7 Å². The predicted octanol–water partition coefficient (Wildman–Crippen LogP) is 8.75. The standard InChI is InChI=1S/C34H35Cl2FN2O2/c1-23(40-22-38-2)25-9-13-30-26(19-25)5-3-6-32(31-14-10-27(35)20-33(31)36)34(30)24-7-11-28(12-8-24)41-29-15-18-39(21-29)17-4-16-37/h7-14,19-20,22,29H,1,3-6,15-18,21H2,2H3/b38-22-. The predicted molar refractivity (Wildman–Crippen MR) is 169 cm³/mol. The Bertz CT molecular complexity index is 1450. The summed E-state index contributed by atoms with van der Waals surface area (Å²) in [7, 11) is 1.67. The zero-order valence-corrected chi connectivity index (χ0v) is 24.9. The molecule has 1 atom stereocenters. The van der Waals surface area contributed by atoms with Crippen LogP contribution in [0.15, 0.2) is 72.2 Å². The highest BCUT2D eigenvalue weighted by molar-refractivity contribution is 6.36. The van der Waals surface area contributed by atoms with Gasteiger partial charge in [-0.3, -0.25) is 14.3 Å². The highest BCUT2D eigenvalue weighted by atomic mass is 35.5. The van der Waals surface area contributed by atoms with E-state index in [0.29, 0.717) is 22.2 Å². The molecule has 3 aromatic rings. The van der Waals surface area contributed by atoms with Crippen LogP contribution in [0, 0.1) is 0 Å². The monoisotopic (exact) mass is 592 g/mol. The van der Waals surface area contributed by atoms with Crippen LogP contribution in [0.1, 0.15) is 53.5 Å². The zero-order valence-electron chi connectivity index (χ0n) is 23.3. The van der Waals surface area contributed by atoms with Crippen molar-refractivity contribution in [3.8, 4) is 5.75 Å². The molecule has 0 aromatic heterocycles. The smallest absolute Gasteiger partial charge is 0.176 e. The van der Waals surface area contributed by atoms with E-state index in [1.54, 1.807) is 7.05 Å². The highest BCUT2D eigenvalue weighted by Crippen LogP contribution is 2.43. The number of aryl methyl sites for hydroxylation is 1. The molecule has 0 spiro atoms. The maximum Gasteiger partial charge on any atom is 0.176 e. The largest absolute Gasteiger partial charge is 0.489 e. The molecule has 1 saturated heterocycles. The molecule has 214 valence electrons. The van der Waals surface area contributed by atoms with E-state index in [-0.39, 0.29) is 12.8 Å². The van der Waals surface area contributed by atoms with E-state index in [1.165, 1.54) is 17.5 Å². The summed E-state index contributed by atoms with van der Waals surface area (Å²) < 4.78 is 24.5. The molecule has 5 rings (SSSR count). The summed E-state index contributed by atoms with van der Waals surface area (Å²) in [4.78, 5) is 6.18. The molecular formula is C34H35Cl2FN2O2. The second-order valence-electron chi connectivity index (χ2n) is 10.5. The van der Waals surface area contributed by atoms with Crippen molar-refractivity contribution in [2.75, 3.05) is 33.4 Å². The van der Waals surface area contributed by atoms with Gasteiger partial charge in [-0.15, -0.1) is 0 Å². The molecule has 0 bridgehead atoms. The second-order valence-corrected chi connectivity index (χ2v) is 11.3. The van der Waals surface area contributed by atoms with Crippen molar-refractivity contribution >= 4 is 46.5 Å². The lowest BCUT2D eigenvalue weighted by Crippen LogP contribution is -2.26.